The van der Waals surface area contributed by atoms with Crippen LogP contribution in [-0.2, 0) is 14.5 Å². The Bertz CT molecular complexity index is 772. The lowest BCUT2D eigenvalue weighted by atomic mass is 9.48. The SMILES string of the molecule is CONC1=C2C=C(NO[C@@H]3CCNC3)CC(=O)[C@]2(C)C2CC[C@]3(C)CCCC3C2C1. The highest BCUT2D eigenvalue weighted by Gasteiger charge is 2.59. The predicted molar refractivity (Wildman–Crippen MR) is 115 cm³/mol. The molecule has 3 N–H and O–H groups in total. The lowest BCUT2D eigenvalue weighted by molar-refractivity contribution is -0.134. The predicted octanol–water partition coefficient (Wildman–Crippen LogP) is 3.37. The minimum absolute atomic E-state index is 0.161. The van der Waals surface area contributed by atoms with Crippen molar-refractivity contribution in [1.82, 2.24) is 16.3 Å². The molecule has 166 valence electrons. The van der Waals surface area contributed by atoms with Gasteiger partial charge in [0.1, 0.15) is 5.78 Å². The van der Waals surface area contributed by atoms with E-state index in [1.165, 1.54) is 25.7 Å². The fraction of sp³-hybridized carbons (Fsp3) is 0.792. The lowest BCUT2D eigenvalue weighted by Crippen LogP contribution is -2.53. The van der Waals surface area contributed by atoms with Crippen molar-refractivity contribution in [2.75, 3.05) is 20.2 Å². The zero-order valence-electron chi connectivity index (χ0n) is 18.7. The quantitative estimate of drug-likeness (QED) is 0.598. The van der Waals surface area contributed by atoms with Crippen LogP contribution in [0.1, 0.15) is 65.2 Å². The van der Waals surface area contributed by atoms with Crippen LogP contribution in [0.5, 0.6) is 0 Å². The summed E-state index contributed by atoms with van der Waals surface area (Å²) in [5.74, 6) is 2.03. The number of fused-ring (bicyclic) bond motifs is 5. The molecule has 2 saturated carbocycles. The Morgan fingerprint density at radius 3 is 2.77 bits per heavy atom. The van der Waals surface area contributed by atoms with E-state index in [4.69, 9.17) is 9.68 Å². The zero-order valence-corrected chi connectivity index (χ0v) is 18.7. The molecule has 1 saturated heterocycles. The molecule has 6 atom stereocenters. The third-order valence-electron chi connectivity index (χ3n) is 9.13. The average Bonchev–Trinajstić information content (AvgIpc) is 3.37. The molecule has 0 aromatic rings. The second-order valence-corrected chi connectivity index (χ2v) is 10.7. The van der Waals surface area contributed by atoms with Crippen molar-refractivity contribution in [3.63, 3.8) is 0 Å². The Balaban J connectivity index is 1.48. The first-order valence-electron chi connectivity index (χ1n) is 11.8. The van der Waals surface area contributed by atoms with Gasteiger partial charge in [0.25, 0.3) is 0 Å². The van der Waals surface area contributed by atoms with E-state index < -0.39 is 5.41 Å². The smallest absolute Gasteiger partial charge is 0.149 e. The van der Waals surface area contributed by atoms with E-state index in [0.717, 1.165) is 55.2 Å². The van der Waals surface area contributed by atoms with Crippen LogP contribution in [-0.4, -0.2) is 32.1 Å². The van der Waals surface area contributed by atoms with Crippen molar-refractivity contribution < 1.29 is 14.5 Å². The van der Waals surface area contributed by atoms with Crippen molar-refractivity contribution in [3.05, 3.63) is 23.0 Å². The van der Waals surface area contributed by atoms with Crippen LogP contribution >= 0.6 is 0 Å². The number of carbonyl (C=O) groups excluding carboxylic acids is 1. The normalized spacial score (nSPS) is 43.0. The first kappa shape index (κ1) is 20.5. The average molecular weight is 416 g/mol. The molecule has 6 nitrogen and oxygen atoms in total. The molecule has 5 aliphatic rings. The molecule has 30 heavy (non-hydrogen) atoms. The highest BCUT2D eigenvalue weighted by Crippen LogP contribution is 2.64. The fourth-order valence-electron chi connectivity index (χ4n) is 7.49. The van der Waals surface area contributed by atoms with E-state index in [0.29, 0.717) is 29.5 Å². The minimum atomic E-state index is -0.437. The molecule has 1 aliphatic heterocycles. The van der Waals surface area contributed by atoms with Crippen molar-refractivity contribution in [2.24, 2.45) is 28.6 Å². The van der Waals surface area contributed by atoms with Crippen LogP contribution < -0.4 is 16.3 Å². The number of rotatable bonds is 5. The van der Waals surface area contributed by atoms with Gasteiger partial charge in [-0.15, -0.1) is 0 Å². The van der Waals surface area contributed by atoms with Gasteiger partial charge in [-0.1, -0.05) is 13.3 Å². The molecule has 0 aromatic carbocycles. The largest absolute Gasteiger partial charge is 0.314 e. The van der Waals surface area contributed by atoms with Gasteiger partial charge in [-0.25, -0.2) is 0 Å². The summed E-state index contributed by atoms with van der Waals surface area (Å²) < 4.78 is 0. The van der Waals surface area contributed by atoms with Gasteiger partial charge in [0.05, 0.1) is 18.6 Å². The topological polar surface area (TPSA) is 71.6 Å². The summed E-state index contributed by atoms with van der Waals surface area (Å²) in [6, 6.07) is 0. The van der Waals surface area contributed by atoms with E-state index in [1.807, 2.05) is 0 Å². The molecule has 0 radical (unpaired) electrons. The molecule has 3 unspecified atom stereocenters. The van der Waals surface area contributed by atoms with E-state index in [1.54, 1.807) is 7.11 Å². The summed E-state index contributed by atoms with van der Waals surface area (Å²) in [4.78, 5) is 24.9. The number of Topliss-reactive ketones (excluding diaryl/α,β-unsaturated/α-hetero) is 1. The molecular weight excluding hydrogens is 378 g/mol. The van der Waals surface area contributed by atoms with Gasteiger partial charge in [0.2, 0.25) is 0 Å². The van der Waals surface area contributed by atoms with Crippen LogP contribution in [0, 0.1) is 28.6 Å². The van der Waals surface area contributed by atoms with Crippen LogP contribution in [0.15, 0.2) is 23.0 Å². The van der Waals surface area contributed by atoms with Crippen LogP contribution in [0.2, 0.25) is 0 Å². The van der Waals surface area contributed by atoms with Crippen molar-refractivity contribution in [3.8, 4) is 0 Å². The van der Waals surface area contributed by atoms with Crippen LogP contribution in [0.3, 0.4) is 0 Å². The molecule has 1 heterocycles. The molecule has 0 bridgehead atoms. The lowest BCUT2D eigenvalue weighted by Gasteiger charge is -2.56. The molecule has 3 fully saturated rings. The summed E-state index contributed by atoms with van der Waals surface area (Å²) >= 11 is 0. The third-order valence-corrected chi connectivity index (χ3v) is 9.13. The Kier molecular flexibility index (Phi) is 5.23. The summed E-state index contributed by atoms with van der Waals surface area (Å²) in [5, 5.41) is 3.31. The Labute approximate surface area is 180 Å². The number of ketones is 1. The number of nitrogens with one attached hydrogen (secondary N) is 3. The standard InChI is InChI=1S/C24H37N3O3/c1-23-8-4-5-18(23)17-13-21(27-29-3)20-11-15(26-30-16-7-10-25-14-16)12-22(28)24(20,2)19(17)6-9-23/h11,16-19,25-27H,4-10,12-14H2,1-3H3/t16-,17?,18?,19?,23+,24-/m1/s1. The van der Waals surface area contributed by atoms with E-state index in [2.05, 4.69) is 36.2 Å². The molecule has 6 heteroatoms. The monoisotopic (exact) mass is 415 g/mol. The second-order valence-electron chi connectivity index (χ2n) is 10.7. The van der Waals surface area contributed by atoms with Crippen molar-refractivity contribution >= 4 is 5.78 Å². The van der Waals surface area contributed by atoms with E-state index >= 15 is 0 Å². The van der Waals surface area contributed by atoms with Crippen molar-refractivity contribution in [1.29, 1.82) is 0 Å². The van der Waals surface area contributed by atoms with Crippen LogP contribution in [0.25, 0.3) is 0 Å². The summed E-state index contributed by atoms with van der Waals surface area (Å²) in [6.45, 7) is 6.53. The van der Waals surface area contributed by atoms with Crippen LogP contribution in [0.4, 0.5) is 0 Å². The summed E-state index contributed by atoms with van der Waals surface area (Å²) in [6.07, 6.45) is 11.1. The molecule has 0 amide bonds. The van der Waals surface area contributed by atoms with Gasteiger partial charge in [-0.3, -0.25) is 25.4 Å². The Hall–Kier alpha value is -1.37. The van der Waals surface area contributed by atoms with E-state index in [-0.39, 0.29) is 6.10 Å². The third kappa shape index (κ3) is 3.14. The molecular formula is C24H37N3O3. The first-order valence-corrected chi connectivity index (χ1v) is 11.8. The number of allylic oxidation sites excluding steroid dienone is 4. The number of hydrogen-bond acceptors (Lipinski definition) is 6. The zero-order chi connectivity index (χ0) is 20.9. The van der Waals surface area contributed by atoms with Gasteiger partial charge < -0.3 is 5.32 Å². The van der Waals surface area contributed by atoms with Gasteiger partial charge in [0, 0.05) is 24.4 Å². The molecule has 4 aliphatic carbocycles. The summed E-state index contributed by atoms with van der Waals surface area (Å²) in [5.41, 5.74) is 9.39. The molecule has 0 aromatic heterocycles. The van der Waals surface area contributed by atoms with Gasteiger partial charge >= 0.3 is 0 Å². The maximum absolute atomic E-state index is 13.7. The van der Waals surface area contributed by atoms with Crippen molar-refractivity contribution in [2.45, 2.75) is 71.3 Å². The first-order chi connectivity index (χ1) is 14.5. The highest BCUT2D eigenvalue weighted by atomic mass is 16.7. The minimum Gasteiger partial charge on any atom is -0.314 e. The molecule has 5 rings (SSSR count). The Morgan fingerprint density at radius 1 is 1.13 bits per heavy atom. The molecule has 0 spiro atoms. The van der Waals surface area contributed by atoms with Gasteiger partial charge in [-0.2, -0.15) is 0 Å². The van der Waals surface area contributed by atoms with Gasteiger partial charge in [-0.05, 0) is 86.8 Å². The Morgan fingerprint density at radius 2 is 2.00 bits per heavy atom. The highest BCUT2D eigenvalue weighted by molar-refractivity contribution is 5.92. The maximum atomic E-state index is 13.7. The van der Waals surface area contributed by atoms with E-state index in [9.17, 15) is 4.79 Å². The second kappa shape index (κ2) is 7.64. The fourth-order valence-corrected chi connectivity index (χ4v) is 7.49. The summed E-state index contributed by atoms with van der Waals surface area (Å²) in [7, 11) is 1.67. The number of hydrogen-bond donors (Lipinski definition) is 3. The maximum Gasteiger partial charge on any atom is 0.149 e. The number of carbonyl (C=O) groups is 1. The number of hydroxylamine groups is 2. The van der Waals surface area contributed by atoms with Gasteiger partial charge in [0.15, 0.2) is 0 Å².